The lowest BCUT2D eigenvalue weighted by atomic mass is 9.97. The molecule has 7 heteroatoms. The number of hydrogen-bond donors (Lipinski definition) is 0. The fraction of sp³-hybridized carbons (Fsp3) is 0.189. The molecule has 2 aromatic heterocycles. The summed E-state index contributed by atoms with van der Waals surface area (Å²) in [5, 5.41) is 2.87. The summed E-state index contributed by atoms with van der Waals surface area (Å²) in [7, 11) is 0. The molecule has 6 rings (SSSR count). The Bertz CT molecular complexity index is 1750. The molecule has 1 aliphatic heterocycles. The molecule has 0 saturated heterocycles. The van der Waals surface area contributed by atoms with Gasteiger partial charge in [0.05, 0.1) is 10.7 Å². The number of fused-ring (bicyclic) bond motifs is 1. The highest BCUT2D eigenvalue weighted by atomic mass is 32.1. The molecule has 3 heterocycles. The fourth-order valence-electron chi connectivity index (χ4n) is 5.66. The molecule has 5 aromatic rings. The van der Waals surface area contributed by atoms with Crippen molar-refractivity contribution in [3.05, 3.63) is 148 Å². The Morgan fingerprint density at radius 3 is 2.32 bits per heavy atom. The Morgan fingerprint density at radius 2 is 1.59 bits per heavy atom. The number of carbonyl (C=O) groups is 2. The summed E-state index contributed by atoms with van der Waals surface area (Å²) in [6, 6.07) is 29.7. The first-order chi connectivity index (χ1) is 21.5. The van der Waals surface area contributed by atoms with Gasteiger partial charge >= 0.3 is 0 Å². The van der Waals surface area contributed by atoms with E-state index in [-0.39, 0.29) is 11.8 Å². The third-order valence-electron chi connectivity index (χ3n) is 8.01. The first-order valence-corrected chi connectivity index (χ1v) is 15.7. The van der Waals surface area contributed by atoms with Gasteiger partial charge in [-0.2, -0.15) is 0 Å². The second-order valence-corrected chi connectivity index (χ2v) is 12.1. The Balaban J connectivity index is 1.34. The van der Waals surface area contributed by atoms with E-state index in [2.05, 4.69) is 34.2 Å². The predicted molar refractivity (Wildman–Crippen MR) is 176 cm³/mol. The van der Waals surface area contributed by atoms with E-state index in [1.165, 1.54) is 5.56 Å². The quantitative estimate of drug-likeness (QED) is 0.176. The van der Waals surface area contributed by atoms with Gasteiger partial charge in [0, 0.05) is 49.9 Å². The molecule has 6 nitrogen and oxygen atoms in total. The van der Waals surface area contributed by atoms with Crippen LogP contribution in [-0.4, -0.2) is 44.2 Å². The lowest BCUT2D eigenvalue weighted by Gasteiger charge is -2.37. The van der Waals surface area contributed by atoms with Crippen LogP contribution in [0.4, 0.5) is 0 Å². The van der Waals surface area contributed by atoms with E-state index in [0.717, 1.165) is 44.9 Å². The SMILES string of the molecule is Cc1nc(/C=C/C(=O)N(Cc2ccc(-c3ccncc3)cc2)[C@@H](Cc2ccccc2)C(=O)N2CCc3ccccc3C2)cs1. The molecule has 0 N–H and O–H groups in total. The van der Waals surface area contributed by atoms with E-state index < -0.39 is 6.04 Å². The van der Waals surface area contributed by atoms with Crippen LogP contribution in [0.3, 0.4) is 0 Å². The predicted octanol–water partition coefficient (Wildman–Crippen LogP) is 6.75. The largest absolute Gasteiger partial charge is 0.336 e. The van der Waals surface area contributed by atoms with Gasteiger partial charge in [-0.25, -0.2) is 4.98 Å². The van der Waals surface area contributed by atoms with Crippen molar-refractivity contribution in [2.45, 2.75) is 38.9 Å². The number of amides is 2. The van der Waals surface area contributed by atoms with Crippen LogP contribution in [0.25, 0.3) is 17.2 Å². The summed E-state index contributed by atoms with van der Waals surface area (Å²) in [5.74, 6) is -0.261. The maximum absolute atomic E-state index is 14.5. The van der Waals surface area contributed by atoms with Gasteiger partial charge in [0.25, 0.3) is 0 Å². The molecular formula is C37H34N4O2S. The molecule has 0 fully saturated rings. The zero-order chi connectivity index (χ0) is 30.3. The molecule has 3 aromatic carbocycles. The summed E-state index contributed by atoms with van der Waals surface area (Å²) >= 11 is 1.54. The van der Waals surface area contributed by atoms with Crippen LogP contribution in [0.2, 0.25) is 0 Å². The Labute approximate surface area is 262 Å². The van der Waals surface area contributed by atoms with Gasteiger partial charge in [-0.15, -0.1) is 11.3 Å². The number of hydrogen-bond acceptors (Lipinski definition) is 5. The topological polar surface area (TPSA) is 66.4 Å². The van der Waals surface area contributed by atoms with Crippen molar-refractivity contribution >= 4 is 29.2 Å². The smallest absolute Gasteiger partial charge is 0.247 e. The standard InChI is InChI=1S/C37H34N4O2S/c1-27-39-34(26-44-27)15-16-36(42)41(24-29-11-13-31(14-12-29)32-17-20-38-21-18-32)35(23-28-7-3-2-4-8-28)37(43)40-22-19-30-9-5-6-10-33(30)25-40/h2-18,20-21,26,35H,19,22-25H2,1H3/b16-15+/t35-/m0/s1. The van der Waals surface area contributed by atoms with Gasteiger partial charge in [0.15, 0.2) is 0 Å². The van der Waals surface area contributed by atoms with E-state index in [1.807, 2.05) is 83.9 Å². The van der Waals surface area contributed by atoms with E-state index in [4.69, 9.17) is 0 Å². The lowest BCUT2D eigenvalue weighted by Crippen LogP contribution is -2.52. The van der Waals surface area contributed by atoms with E-state index in [9.17, 15) is 9.59 Å². The van der Waals surface area contributed by atoms with Crippen molar-refractivity contribution in [1.29, 1.82) is 0 Å². The summed E-state index contributed by atoms with van der Waals surface area (Å²) in [4.78, 5) is 40.8. The highest BCUT2D eigenvalue weighted by Crippen LogP contribution is 2.24. The average Bonchev–Trinajstić information content (AvgIpc) is 3.50. The van der Waals surface area contributed by atoms with Crippen molar-refractivity contribution in [3.8, 4) is 11.1 Å². The summed E-state index contributed by atoms with van der Waals surface area (Å²) in [5.41, 5.74) is 7.27. The van der Waals surface area contributed by atoms with Gasteiger partial charge < -0.3 is 9.80 Å². The number of nitrogens with zero attached hydrogens (tertiary/aromatic N) is 4. The molecule has 1 aliphatic rings. The van der Waals surface area contributed by atoms with E-state index >= 15 is 0 Å². The summed E-state index contributed by atoms with van der Waals surface area (Å²) < 4.78 is 0. The number of rotatable bonds is 9. The van der Waals surface area contributed by atoms with Crippen LogP contribution in [0, 0.1) is 6.92 Å². The molecule has 2 amide bonds. The van der Waals surface area contributed by atoms with Crippen LogP contribution in [0.15, 0.2) is 115 Å². The first kappa shape index (κ1) is 29.2. The third-order valence-corrected chi connectivity index (χ3v) is 8.80. The molecule has 0 saturated carbocycles. The van der Waals surface area contributed by atoms with Gasteiger partial charge in [0.1, 0.15) is 6.04 Å². The van der Waals surface area contributed by atoms with Crippen molar-refractivity contribution in [2.75, 3.05) is 6.54 Å². The van der Waals surface area contributed by atoms with Crippen molar-refractivity contribution < 1.29 is 9.59 Å². The van der Waals surface area contributed by atoms with Crippen LogP contribution in [-0.2, 0) is 35.5 Å². The summed E-state index contributed by atoms with van der Waals surface area (Å²) in [6.45, 7) is 3.40. The normalized spacial score (nSPS) is 13.4. The number of thiazole rings is 1. The molecule has 1 atom stereocenters. The van der Waals surface area contributed by atoms with Crippen LogP contribution in [0.1, 0.15) is 33.0 Å². The average molecular weight is 599 g/mol. The number of aryl methyl sites for hydroxylation is 1. The minimum Gasteiger partial charge on any atom is -0.336 e. The van der Waals surface area contributed by atoms with Gasteiger partial charge in [0.2, 0.25) is 11.8 Å². The molecule has 0 unspecified atom stereocenters. The zero-order valence-electron chi connectivity index (χ0n) is 24.7. The Morgan fingerprint density at radius 1 is 0.886 bits per heavy atom. The third kappa shape index (κ3) is 7.01. The van der Waals surface area contributed by atoms with Gasteiger partial charge in [-0.3, -0.25) is 14.6 Å². The number of pyridine rings is 1. The zero-order valence-corrected chi connectivity index (χ0v) is 25.5. The molecular weight excluding hydrogens is 565 g/mol. The highest BCUT2D eigenvalue weighted by Gasteiger charge is 2.34. The Hall–Kier alpha value is -4.88. The van der Waals surface area contributed by atoms with Crippen LogP contribution in [0.5, 0.6) is 0 Å². The minimum absolute atomic E-state index is 0.0389. The van der Waals surface area contributed by atoms with Crippen molar-refractivity contribution in [2.24, 2.45) is 0 Å². The molecule has 44 heavy (non-hydrogen) atoms. The first-order valence-electron chi connectivity index (χ1n) is 14.8. The highest BCUT2D eigenvalue weighted by molar-refractivity contribution is 7.09. The van der Waals surface area contributed by atoms with E-state index in [0.29, 0.717) is 26.1 Å². The lowest BCUT2D eigenvalue weighted by molar-refractivity contribution is -0.144. The molecule has 0 bridgehead atoms. The molecule has 0 radical (unpaired) electrons. The van der Waals surface area contributed by atoms with E-state index in [1.54, 1.807) is 40.8 Å². The maximum atomic E-state index is 14.5. The Kier molecular flexibility index (Phi) is 9.03. The maximum Gasteiger partial charge on any atom is 0.247 e. The fourth-order valence-corrected chi connectivity index (χ4v) is 6.24. The van der Waals surface area contributed by atoms with Crippen molar-refractivity contribution in [1.82, 2.24) is 19.8 Å². The molecule has 220 valence electrons. The van der Waals surface area contributed by atoms with Crippen LogP contribution < -0.4 is 0 Å². The second kappa shape index (κ2) is 13.6. The van der Waals surface area contributed by atoms with Crippen molar-refractivity contribution in [3.63, 3.8) is 0 Å². The van der Waals surface area contributed by atoms with Gasteiger partial charge in [-0.05, 0) is 64.9 Å². The molecule has 0 aliphatic carbocycles. The monoisotopic (exact) mass is 598 g/mol. The second-order valence-electron chi connectivity index (χ2n) is 11.0. The molecule has 0 spiro atoms. The summed E-state index contributed by atoms with van der Waals surface area (Å²) in [6.07, 6.45) is 8.07. The minimum atomic E-state index is -0.683. The number of benzene rings is 3. The number of carbonyl (C=O) groups excluding carboxylic acids is 2. The number of aromatic nitrogens is 2. The van der Waals surface area contributed by atoms with Gasteiger partial charge in [-0.1, -0.05) is 78.9 Å². The van der Waals surface area contributed by atoms with Crippen LogP contribution >= 0.6 is 11.3 Å².